The summed E-state index contributed by atoms with van der Waals surface area (Å²) in [5, 5.41) is 0. The van der Waals surface area contributed by atoms with E-state index in [0.717, 1.165) is 101 Å². The number of imidazole rings is 2. The van der Waals surface area contributed by atoms with E-state index in [1.165, 1.54) is 33.4 Å². The van der Waals surface area contributed by atoms with Crippen molar-refractivity contribution in [1.29, 1.82) is 0 Å². The van der Waals surface area contributed by atoms with Gasteiger partial charge < -0.3 is 9.13 Å². The average molecular weight is 975 g/mol. The predicted octanol–water partition coefficient (Wildman–Crippen LogP) is 15.4. The topological polar surface area (TPSA) is 87.2 Å². The molecule has 16 rings (SSSR count). The van der Waals surface area contributed by atoms with E-state index in [9.17, 15) is 0 Å². The standard InChI is InChI=1S/C68H46N8/c1-75-61-31-17-15-29-55(61)73-67(75)51-27-13-9-23-45(51)59-39-57(69-65(71-59)41-19-5-3-6-20-41)43-33-35-49-53(37-43)63-47-25-11-12-26-48(47)64(49)54-38-44(34-36-50(54)63)58-40-60(72-66(70-58)42-21-7-4-8-22-42)46-24-10-14-28-52(46)68-74-56-30-16-18-32-62(56)76(68)2/h3-40,63-64H,1-2H3. The van der Waals surface area contributed by atoms with Crippen molar-refractivity contribution < 1.29 is 0 Å². The molecule has 13 aromatic rings. The third-order valence-electron chi connectivity index (χ3n) is 15.6. The summed E-state index contributed by atoms with van der Waals surface area (Å²) in [4.78, 5) is 31.5. The lowest BCUT2D eigenvalue weighted by molar-refractivity contribution is 0.755. The van der Waals surface area contributed by atoms with E-state index in [1.807, 2.05) is 48.5 Å². The Hall–Kier alpha value is -9.92. The van der Waals surface area contributed by atoms with Gasteiger partial charge in [-0.3, -0.25) is 0 Å². The van der Waals surface area contributed by atoms with Crippen LogP contribution in [0.2, 0.25) is 0 Å². The third-order valence-corrected chi connectivity index (χ3v) is 15.6. The second-order valence-corrected chi connectivity index (χ2v) is 19.9. The molecule has 4 heterocycles. The third kappa shape index (κ3) is 6.98. The number of rotatable bonds is 8. The molecule has 0 N–H and O–H groups in total. The minimum absolute atomic E-state index is 0.0226. The summed E-state index contributed by atoms with van der Waals surface area (Å²) >= 11 is 0. The highest BCUT2D eigenvalue weighted by molar-refractivity contribution is 5.89. The quantitative estimate of drug-likeness (QED) is 0.151. The number of para-hydroxylation sites is 4. The first-order valence-corrected chi connectivity index (χ1v) is 25.8. The molecule has 0 saturated carbocycles. The largest absolute Gasteiger partial charge is 0.327 e. The van der Waals surface area contributed by atoms with E-state index in [2.05, 4.69) is 205 Å². The molecule has 0 aliphatic heterocycles. The van der Waals surface area contributed by atoms with Gasteiger partial charge in [0.05, 0.1) is 44.8 Å². The Balaban J connectivity index is 0.858. The van der Waals surface area contributed by atoms with Gasteiger partial charge in [0, 0.05) is 70.4 Å². The van der Waals surface area contributed by atoms with Crippen molar-refractivity contribution in [2.24, 2.45) is 14.1 Å². The van der Waals surface area contributed by atoms with E-state index in [0.29, 0.717) is 11.6 Å². The lowest BCUT2D eigenvalue weighted by Crippen LogP contribution is -2.27. The molecule has 0 radical (unpaired) electrons. The zero-order chi connectivity index (χ0) is 50.4. The Morgan fingerprint density at radius 2 is 0.632 bits per heavy atom. The molecule has 2 atom stereocenters. The molecule has 3 aliphatic rings. The second-order valence-electron chi connectivity index (χ2n) is 19.9. The summed E-state index contributed by atoms with van der Waals surface area (Å²) in [6.45, 7) is 0. The number of hydrogen-bond acceptors (Lipinski definition) is 6. The Kier molecular flexibility index (Phi) is 9.97. The molecule has 8 nitrogen and oxygen atoms in total. The van der Waals surface area contributed by atoms with Crippen molar-refractivity contribution in [3.05, 3.63) is 264 Å². The van der Waals surface area contributed by atoms with Crippen LogP contribution in [0.15, 0.2) is 231 Å². The second kappa shape index (κ2) is 17.4. The first kappa shape index (κ1) is 43.6. The normalized spacial score (nSPS) is 14.2. The van der Waals surface area contributed by atoms with Gasteiger partial charge in [-0.05, 0) is 81.9 Å². The van der Waals surface area contributed by atoms with E-state index in [4.69, 9.17) is 29.9 Å². The Morgan fingerprint density at radius 3 is 1.07 bits per heavy atom. The lowest BCUT2D eigenvalue weighted by atomic mass is 9.60. The van der Waals surface area contributed by atoms with Crippen molar-refractivity contribution in [3.63, 3.8) is 0 Å². The maximum atomic E-state index is 5.34. The van der Waals surface area contributed by atoms with Crippen LogP contribution >= 0.6 is 0 Å². The van der Waals surface area contributed by atoms with Crippen LogP contribution in [0, 0.1) is 0 Å². The summed E-state index contributed by atoms with van der Waals surface area (Å²) in [6.07, 6.45) is 0. The molecule has 0 saturated heterocycles. The van der Waals surface area contributed by atoms with Crippen molar-refractivity contribution in [2.45, 2.75) is 11.8 Å². The summed E-state index contributed by atoms with van der Waals surface area (Å²) < 4.78 is 4.34. The maximum Gasteiger partial charge on any atom is 0.160 e. The summed E-state index contributed by atoms with van der Waals surface area (Å²) in [6, 6.07) is 81.4. The van der Waals surface area contributed by atoms with Gasteiger partial charge in [0.25, 0.3) is 0 Å². The smallest absolute Gasteiger partial charge is 0.160 e. The fraction of sp³-hybridized carbons (Fsp3) is 0.0588. The summed E-state index contributed by atoms with van der Waals surface area (Å²) in [7, 11) is 4.17. The molecule has 3 aliphatic carbocycles. The van der Waals surface area contributed by atoms with Gasteiger partial charge in [-0.25, -0.2) is 29.9 Å². The minimum atomic E-state index is 0.0226. The predicted molar refractivity (Wildman–Crippen MR) is 304 cm³/mol. The lowest BCUT2D eigenvalue weighted by Gasteiger charge is -2.42. The van der Waals surface area contributed by atoms with Gasteiger partial charge in [0.15, 0.2) is 11.6 Å². The van der Waals surface area contributed by atoms with Gasteiger partial charge in [0.1, 0.15) is 11.6 Å². The highest BCUT2D eigenvalue weighted by atomic mass is 15.1. The maximum absolute atomic E-state index is 5.34. The van der Waals surface area contributed by atoms with Crippen LogP contribution in [-0.4, -0.2) is 39.0 Å². The highest BCUT2D eigenvalue weighted by Crippen LogP contribution is 2.57. The van der Waals surface area contributed by atoms with Crippen LogP contribution in [-0.2, 0) is 14.1 Å². The van der Waals surface area contributed by atoms with Crippen molar-refractivity contribution in [3.8, 4) is 90.6 Å². The van der Waals surface area contributed by atoms with Crippen molar-refractivity contribution >= 4 is 22.1 Å². The Bertz CT molecular complexity index is 4170. The number of benzene rings is 9. The summed E-state index contributed by atoms with van der Waals surface area (Å²) in [5.41, 5.74) is 23.4. The molecule has 76 heavy (non-hydrogen) atoms. The van der Waals surface area contributed by atoms with Crippen LogP contribution in [0.5, 0.6) is 0 Å². The fourth-order valence-electron chi connectivity index (χ4n) is 12.0. The SMILES string of the molecule is Cn1c(-c2ccccc2-c2cc(-c3ccc4c(c3)C3c5ccccc5C4c4cc(-c5cc(-c6ccccc6-c6nc7ccccc7n6C)nc(-c6ccccc6)n5)ccc43)nc(-c3ccccc3)n2)nc2ccccc21. The molecule has 0 fully saturated rings. The molecule has 358 valence electrons. The number of aryl methyl sites for hydroxylation is 2. The molecule has 0 amide bonds. The van der Waals surface area contributed by atoms with Gasteiger partial charge in [-0.15, -0.1) is 0 Å². The zero-order valence-electron chi connectivity index (χ0n) is 41.7. The monoisotopic (exact) mass is 974 g/mol. The minimum Gasteiger partial charge on any atom is -0.327 e. The number of nitrogens with zero attached hydrogens (tertiary/aromatic N) is 8. The van der Waals surface area contributed by atoms with Gasteiger partial charge in [-0.1, -0.05) is 182 Å². The van der Waals surface area contributed by atoms with Gasteiger partial charge in [0.2, 0.25) is 0 Å². The Morgan fingerprint density at radius 1 is 0.276 bits per heavy atom. The molecule has 2 bridgehead atoms. The zero-order valence-corrected chi connectivity index (χ0v) is 41.7. The molecular formula is C68H46N8. The number of hydrogen-bond donors (Lipinski definition) is 0. The molecule has 4 aromatic heterocycles. The van der Waals surface area contributed by atoms with E-state index < -0.39 is 0 Å². The highest BCUT2D eigenvalue weighted by Gasteiger charge is 2.41. The van der Waals surface area contributed by atoms with Crippen molar-refractivity contribution in [2.75, 3.05) is 0 Å². The van der Waals surface area contributed by atoms with Crippen LogP contribution in [0.3, 0.4) is 0 Å². The van der Waals surface area contributed by atoms with Crippen LogP contribution in [0.1, 0.15) is 45.2 Å². The van der Waals surface area contributed by atoms with Crippen LogP contribution < -0.4 is 0 Å². The van der Waals surface area contributed by atoms with Gasteiger partial charge in [-0.2, -0.15) is 0 Å². The van der Waals surface area contributed by atoms with E-state index in [-0.39, 0.29) is 11.8 Å². The Labute approximate surface area is 439 Å². The molecule has 9 aromatic carbocycles. The number of fused-ring (bicyclic) bond motifs is 2. The molecule has 2 unspecified atom stereocenters. The fourth-order valence-corrected chi connectivity index (χ4v) is 12.0. The number of aromatic nitrogens is 8. The average Bonchev–Trinajstić information content (AvgIpc) is 4.16. The van der Waals surface area contributed by atoms with Crippen LogP contribution in [0.25, 0.3) is 113 Å². The molecule has 0 spiro atoms. The first-order chi connectivity index (χ1) is 37.5. The van der Waals surface area contributed by atoms with Crippen LogP contribution in [0.4, 0.5) is 0 Å². The van der Waals surface area contributed by atoms with Crippen molar-refractivity contribution in [1.82, 2.24) is 39.0 Å². The first-order valence-electron chi connectivity index (χ1n) is 25.8. The van der Waals surface area contributed by atoms with E-state index in [1.54, 1.807) is 0 Å². The van der Waals surface area contributed by atoms with E-state index >= 15 is 0 Å². The molecule has 8 heteroatoms. The summed E-state index contributed by atoms with van der Waals surface area (Å²) in [5.74, 6) is 3.17. The van der Waals surface area contributed by atoms with Gasteiger partial charge >= 0.3 is 0 Å². The molecular weight excluding hydrogens is 929 g/mol.